The molecule has 0 bridgehead atoms. The molecular weight excluding hydrogens is 750 g/mol. The molecule has 0 aromatic heterocycles. The van der Waals surface area contributed by atoms with E-state index in [0.717, 1.165) is 83.5 Å². The third kappa shape index (κ3) is 40.3. The smallest absolute Gasteiger partial charge is 0.462 e. The second-order valence-electron chi connectivity index (χ2n) is 13.9. The Morgan fingerprint density at radius 2 is 0.945 bits per heavy atom. The minimum atomic E-state index is -4.86. The first kappa shape index (κ1) is 53.3. The summed E-state index contributed by atoms with van der Waals surface area (Å²) >= 11 is 0. The highest BCUT2D eigenvalue weighted by atomic mass is 31.2. The maximum Gasteiger partial charge on any atom is 0.472 e. The summed E-state index contributed by atoms with van der Waals surface area (Å²) < 4.78 is 47.7. The van der Waals surface area contributed by atoms with Gasteiger partial charge in [0, 0.05) is 12.8 Å². The van der Waals surface area contributed by atoms with Crippen LogP contribution in [0.15, 0.2) is 36.5 Å². The van der Waals surface area contributed by atoms with Crippen LogP contribution in [0.4, 0.5) is 0 Å². The van der Waals surface area contributed by atoms with Gasteiger partial charge in [-0.05, 0) is 70.6 Å². The normalized spacial score (nSPS) is 14.5. The first-order chi connectivity index (χ1) is 26.4. The Morgan fingerprint density at radius 3 is 1.49 bits per heavy atom. The third-order valence-corrected chi connectivity index (χ3v) is 9.93. The van der Waals surface area contributed by atoms with Crippen molar-refractivity contribution in [2.45, 2.75) is 180 Å². The highest BCUT2D eigenvalue weighted by molar-refractivity contribution is 7.47. The van der Waals surface area contributed by atoms with Crippen molar-refractivity contribution in [2.24, 2.45) is 0 Å². The number of hydrogen-bond acceptors (Lipinski definition) is 10. The zero-order valence-electron chi connectivity index (χ0n) is 33.8. The molecule has 0 aliphatic carbocycles. The highest BCUT2D eigenvalue weighted by Crippen LogP contribution is 2.43. The average Bonchev–Trinajstić information content (AvgIpc) is 3.14. The van der Waals surface area contributed by atoms with Crippen molar-refractivity contribution in [3.8, 4) is 0 Å². The Bertz CT molecular complexity index is 1120. The number of rotatable bonds is 39. The number of aliphatic hydroxyl groups excluding tert-OH is 1. The summed E-state index contributed by atoms with van der Waals surface area (Å²) in [6.45, 7) is 1.69. The zero-order valence-corrected chi connectivity index (χ0v) is 35.6. The van der Waals surface area contributed by atoms with Gasteiger partial charge >= 0.3 is 27.6 Å². The standard InChI is InChI=1S/C40H74O13P2/c1-3-5-7-9-11-13-15-17-18-20-21-23-25-27-29-31-39(42)49-35-38(36-52-55(47,48)51-34-37(41)33-50-54(44,45)46)53-40(43)32-30-28-26-24-22-19-16-14-12-10-8-6-4-2/h11,13-14,16-18,37-38,41H,3-10,12,15,19-36H2,1-2H3,(H,47,48)(H2,44,45,46). The van der Waals surface area contributed by atoms with E-state index in [9.17, 15) is 28.7 Å². The summed E-state index contributed by atoms with van der Waals surface area (Å²) in [5.74, 6) is -1.06. The van der Waals surface area contributed by atoms with E-state index in [1.165, 1.54) is 44.9 Å². The lowest BCUT2D eigenvalue weighted by Crippen LogP contribution is -2.30. The predicted octanol–water partition coefficient (Wildman–Crippen LogP) is 10.1. The van der Waals surface area contributed by atoms with E-state index >= 15 is 0 Å². The van der Waals surface area contributed by atoms with Crippen molar-refractivity contribution in [1.29, 1.82) is 0 Å². The van der Waals surface area contributed by atoms with Crippen LogP contribution in [-0.4, -0.2) is 70.4 Å². The van der Waals surface area contributed by atoms with Crippen LogP contribution in [0, 0.1) is 0 Å². The molecule has 0 aromatic carbocycles. The Morgan fingerprint density at radius 1 is 0.527 bits per heavy atom. The van der Waals surface area contributed by atoms with Crippen LogP contribution in [0.2, 0.25) is 0 Å². The van der Waals surface area contributed by atoms with Crippen LogP contribution in [0.3, 0.4) is 0 Å². The molecule has 322 valence electrons. The highest BCUT2D eigenvalue weighted by Gasteiger charge is 2.28. The summed E-state index contributed by atoms with van der Waals surface area (Å²) in [4.78, 5) is 52.5. The number of phosphoric ester groups is 2. The van der Waals surface area contributed by atoms with Crippen LogP contribution in [0.25, 0.3) is 0 Å². The van der Waals surface area contributed by atoms with Crippen LogP contribution < -0.4 is 0 Å². The minimum absolute atomic E-state index is 0.118. The number of phosphoric acid groups is 2. The van der Waals surface area contributed by atoms with Gasteiger partial charge < -0.3 is 29.3 Å². The summed E-state index contributed by atoms with van der Waals surface area (Å²) in [7, 11) is -9.67. The number of unbranched alkanes of at least 4 members (excludes halogenated alkanes) is 17. The van der Waals surface area contributed by atoms with Gasteiger partial charge in [0.25, 0.3) is 0 Å². The van der Waals surface area contributed by atoms with Gasteiger partial charge in [-0.1, -0.05) is 121 Å². The molecule has 3 unspecified atom stereocenters. The fraction of sp³-hybridized carbons (Fsp3) is 0.800. The molecule has 0 aromatic rings. The summed E-state index contributed by atoms with van der Waals surface area (Å²) in [6.07, 6.45) is 34.2. The molecule has 0 spiro atoms. The van der Waals surface area contributed by atoms with Crippen LogP contribution in [-0.2, 0) is 41.8 Å². The van der Waals surface area contributed by atoms with Crippen molar-refractivity contribution in [3.05, 3.63) is 36.5 Å². The molecular formula is C40H74O13P2. The van der Waals surface area contributed by atoms with Crippen molar-refractivity contribution >= 4 is 27.6 Å². The molecule has 0 amide bonds. The Balaban J connectivity index is 4.58. The van der Waals surface area contributed by atoms with Gasteiger partial charge in [-0.15, -0.1) is 0 Å². The van der Waals surface area contributed by atoms with Gasteiger partial charge in [-0.25, -0.2) is 9.13 Å². The fourth-order valence-corrected chi connectivity index (χ4v) is 6.47. The number of allylic oxidation sites excluding steroid dienone is 6. The first-order valence-corrected chi connectivity index (χ1v) is 23.7. The molecule has 0 radical (unpaired) electrons. The van der Waals surface area contributed by atoms with Gasteiger partial charge in [-0.2, -0.15) is 0 Å². The van der Waals surface area contributed by atoms with E-state index in [1.54, 1.807) is 0 Å². The minimum Gasteiger partial charge on any atom is -0.462 e. The maximum absolute atomic E-state index is 12.6. The van der Waals surface area contributed by atoms with Gasteiger partial charge in [0.15, 0.2) is 6.10 Å². The number of hydrogen-bond donors (Lipinski definition) is 4. The second-order valence-corrected chi connectivity index (χ2v) is 16.6. The molecule has 0 aliphatic rings. The van der Waals surface area contributed by atoms with Gasteiger partial charge in [0.2, 0.25) is 0 Å². The molecule has 55 heavy (non-hydrogen) atoms. The molecule has 4 N–H and O–H groups in total. The number of carbonyl (C=O) groups excluding carboxylic acids is 2. The lowest BCUT2D eigenvalue weighted by Gasteiger charge is -2.20. The van der Waals surface area contributed by atoms with E-state index in [2.05, 4.69) is 59.4 Å². The van der Waals surface area contributed by atoms with E-state index in [1.807, 2.05) is 0 Å². The quantitative estimate of drug-likeness (QED) is 0.0198. The molecule has 15 heteroatoms. The lowest BCUT2D eigenvalue weighted by molar-refractivity contribution is -0.161. The van der Waals surface area contributed by atoms with Crippen molar-refractivity contribution < 1.29 is 61.6 Å². The van der Waals surface area contributed by atoms with E-state index in [0.29, 0.717) is 12.8 Å². The molecule has 0 fully saturated rings. The monoisotopic (exact) mass is 824 g/mol. The van der Waals surface area contributed by atoms with Crippen LogP contribution in [0.1, 0.15) is 168 Å². The summed E-state index contributed by atoms with van der Waals surface area (Å²) in [5, 5.41) is 9.72. The largest absolute Gasteiger partial charge is 0.472 e. The van der Waals surface area contributed by atoms with Gasteiger partial charge in [-0.3, -0.25) is 23.2 Å². The Hall–Kier alpha value is -1.66. The zero-order chi connectivity index (χ0) is 40.9. The molecule has 13 nitrogen and oxygen atoms in total. The maximum atomic E-state index is 12.6. The number of ether oxygens (including phenoxy) is 2. The second kappa shape index (κ2) is 36.7. The van der Waals surface area contributed by atoms with Crippen molar-refractivity contribution in [1.82, 2.24) is 0 Å². The number of carbonyl (C=O) groups is 2. The average molecular weight is 825 g/mol. The summed E-state index contributed by atoms with van der Waals surface area (Å²) in [6, 6.07) is 0. The number of esters is 2. The molecule has 0 rings (SSSR count). The molecule has 0 saturated heterocycles. The SMILES string of the molecule is CCCCCC=CCC=CCCCCCCCC(=O)OCC(COP(=O)(O)OCC(O)COP(=O)(O)O)OC(=O)CCCCCCCC=CCCCCCC. The van der Waals surface area contributed by atoms with E-state index in [-0.39, 0.29) is 12.8 Å². The van der Waals surface area contributed by atoms with Crippen molar-refractivity contribution in [3.63, 3.8) is 0 Å². The molecule has 0 aliphatic heterocycles. The van der Waals surface area contributed by atoms with E-state index < -0.39 is 66.2 Å². The van der Waals surface area contributed by atoms with Gasteiger partial charge in [0.1, 0.15) is 12.7 Å². The fourth-order valence-electron chi connectivity index (χ4n) is 5.31. The topological polar surface area (TPSA) is 195 Å². The molecule has 0 saturated carbocycles. The first-order valence-electron chi connectivity index (χ1n) is 20.7. The third-order valence-electron chi connectivity index (χ3n) is 8.49. The van der Waals surface area contributed by atoms with Crippen LogP contribution >= 0.6 is 15.6 Å². The predicted molar refractivity (Wildman–Crippen MR) is 216 cm³/mol. The Kier molecular flexibility index (Phi) is 35.6. The molecule has 0 heterocycles. The van der Waals surface area contributed by atoms with Crippen LogP contribution in [0.5, 0.6) is 0 Å². The van der Waals surface area contributed by atoms with E-state index in [4.69, 9.17) is 23.8 Å². The van der Waals surface area contributed by atoms with Gasteiger partial charge in [0.05, 0.1) is 19.8 Å². The number of aliphatic hydroxyl groups is 1. The lowest BCUT2D eigenvalue weighted by atomic mass is 10.1. The van der Waals surface area contributed by atoms with Crippen molar-refractivity contribution in [2.75, 3.05) is 26.4 Å². The molecule has 3 atom stereocenters. The summed E-state index contributed by atoms with van der Waals surface area (Å²) in [5.41, 5.74) is 0. The Labute approximate surface area is 331 Å².